The van der Waals surface area contributed by atoms with E-state index >= 15 is 0 Å². The number of pyridine rings is 2. The van der Waals surface area contributed by atoms with E-state index in [2.05, 4.69) is 14.8 Å². The van der Waals surface area contributed by atoms with Crippen molar-refractivity contribution in [3.05, 3.63) is 56.9 Å². The lowest BCUT2D eigenvalue weighted by atomic mass is 9.82. The summed E-state index contributed by atoms with van der Waals surface area (Å²) in [7, 11) is 0.0614. The predicted octanol–water partition coefficient (Wildman–Crippen LogP) is 4.84. The van der Waals surface area contributed by atoms with Gasteiger partial charge in [0.2, 0.25) is 0 Å². The van der Waals surface area contributed by atoms with Gasteiger partial charge in [-0.15, -0.1) is 0 Å². The van der Waals surface area contributed by atoms with Gasteiger partial charge in [0.1, 0.15) is 5.54 Å². The molecule has 36 heavy (non-hydrogen) atoms. The van der Waals surface area contributed by atoms with Crippen molar-refractivity contribution in [2.75, 3.05) is 0 Å². The topological polar surface area (TPSA) is 81.8 Å². The number of hydrogen-bond acceptors (Lipinski definition) is 4. The lowest BCUT2D eigenvalue weighted by Crippen LogP contribution is -2.51. The third-order valence-corrected chi connectivity index (χ3v) is 8.71. The molecule has 3 aromatic heterocycles. The molecule has 1 N–H and O–H groups in total. The Labute approximate surface area is 213 Å². The first-order valence-electron chi connectivity index (χ1n) is 11.8. The third kappa shape index (κ3) is 4.18. The molecule has 3 heterocycles. The summed E-state index contributed by atoms with van der Waals surface area (Å²) in [6.45, 7) is 5.42. The number of alkyl halides is 3. The number of aromatic nitrogens is 4. The molecule has 7 nitrogen and oxygen atoms in total. The van der Waals surface area contributed by atoms with Crippen LogP contribution in [0, 0.1) is 5.92 Å². The second-order valence-electron chi connectivity index (χ2n) is 10.6. The molecule has 5 rings (SSSR count). The maximum atomic E-state index is 13.5. The van der Waals surface area contributed by atoms with E-state index in [-0.39, 0.29) is 23.0 Å². The van der Waals surface area contributed by atoms with Gasteiger partial charge in [0.25, 0.3) is 5.56 Å². The van der Waals surface area contributed by atoms with Crippen molar-refractivity contribution in [1.82, 2.24) is 24.1 Å². The van der Waals surface area contributed by atoms with Crippen LogP contribution < -0.4 is 10.3 Å². The molecule has 2 atom stereocenters. The van der Waals surface area contributed by atoms with Crippen LogP contribution in [0.3, 0.4) is 0 Å². The molecular formula is C24H27ClF3N5O2S. The van der Waals surface area contributed by atoms with Crippen LogP contribution in [-0.4, -0.2) is 28.3 Å². The molecule has 0 radical (unpaired) electrons. The van der Waals surface area contributed by atoms with Gasteiger partial charge in [-0.05, 0) is 70.1 Å². The van der Waals surface area contributed by atoms with E-state index in [4.69, 9.17) is 11.6 Å². The molecule has 2 fully saturated rings. The van der Waals surface area contributed by atoms with Crippen LogP contribution in [0.5, 0.6) is 0 Å². The van der Waals surface area contributed by atoms with Gasteiger partial charge in [0, 0.05) is 30.9 Å². The van der Waals surface area contributed by atoms with Gasteiger partial charge in [0.15, 0.2) is 11.2 Å². The Morgan fingerprint density at radius 1 is 1.17 bits per heavy atom. The quantitative estimate of drug-likeness (QED) is 0.484. The van der Waals surface area contributed by atoms with Gasteiger partial charge in [-0.2, -0.15) is 18.3 Å². The number of nitrogens with zero attached hydrogens (tertiary/aromatic N) is 4. The van der Waals surface area contributed by atoms with Gasteiger partial charge >= 0.3 is 6.18 Å². The second-order valence-corrected chi connectivity index (χ2v) is 13.0. The highest BCUT2D eigenvalue weighted by Crippen LogP contribution is 2.52. The third-order valence-electron chi connectivity index (χ3n) is 6.80. The monoisotopic (exact) mass is 541 g/mol. The molecular weight excluding hydrogens is 515 g/mol. The average Bonchev–Trinajstić information content (AvgIpc) is 3.68. The zero-order valence-corrected chi connectivity index (χ0v) is 21.9. The lowest BCUT2D eigenvalue weighted by Gasteiger charge is -2.38. The van der Waals surface area contributed by atoms with Crippen LogP contribution in [-0.2, 0) is 29.7 Å². The van der Waals surface area contributed by atoms with Crippen molar-refractivity contribution < 1.29 is 17.4 Å². The Bertz CT molecular complexity index is 1440. The van der Waals surface area contributed by atoms with Crippen molar-refractivity contribution in [2.45, 2.75) is 69.0 Å². The standard InChI is InChI=1S/C24H27ClF3N5O2S/c1-22(2,3)36(35)31-23(13-5-6-13,14-11-17(25)19(29-12-14)24(26,27)28)20-16-9-10-33(15-7-8-15)21(34)18(16)30-32(20)4/h9-13,15,31H,5-8H2,1-4H3. The molecule has 0 spiro atoms. The Kier molecular flexibility index (Phi) is 5.92. The zero-order valence-electron chi connectivity index (χ0n) is 20.3. The minimum absolute atomic E-state index is 0.122. The van der Waals surface area contributed by atoms with Crippen molar-refractivity contribution in [2.24, 2.45) is 13.0 Å². The van der Waals surface area contributed by atoms with Crippen molar-refractivity contribution in [3.63, 3.8) is 0 Å². The van der Waals surface area contributed by atoms with Crippen molar-refractivity contribution in [3.8, 4) is 0 Å². The summed E-state index contributed by atoms with van der Waals surface area (Å²) in [6.07, 6.45) is 1.50. The first-order chi connectivity index (χ1) is 16.7. The van der Waals surface area contributed by atoms with Crippen LogP contribution in [0.2, 0.25) is 5.02 Å². The molecule has 2 aliphatic rings. The molecule has 2 aliphatic carbocycles. The minimum Gasteiger partial charge on any atom is -0.311 e. The number of fused-ring (bicyclic) bond motifs is 1. The fraction of sp³-hybridized carbons (Fsp3) is 0.542. The Morgan fingerprint density at radius 2 is 1.83 bits per heavy atom. The van der Waals surface area contributed by atoms with Crippen LogP contribution in [0.25, 0.3) is 10.9 Å². The van der Waals surface area contributed by atoms with E-state index in [0.717, 1.165) is 31.9 Å². The summed E-state index contributed by atoms with van der Waals surface area (Å²) in [6, 6.07) is 3.22. The molecule has 12 heteroatoms. The fourth-order valence-electron chi connectivity index (χ4n) is 4.74. The molecule has 0 aromatic carbocycles. The summed E-state index contributed by atoms with van der Waals surface area (Å²) in [5.74, 6) is -0.122. The van der Waals surface area contributed by atoms with E-state index in [9.17, 15) is 22.2 Å². The van der Waals surface area contributed by atoms with Crippen LogP contribution in [0.15, 0.2) is 29.3 Å². The van der Waals surface area contributed by atoms with Crippen LogP contribution >= 0.6 is 11.6 Å². The predicted molar refractivity (Wildman–Crippen MR) is 132 cm³/mol. The van der Waals surface area contributed by atoms with Gasteiger partial charge in [-0.1, -0.05) is 11.6 Å². The molecule has 3 aromatic rings. The number of nitrogens with one attached hydrogen (secondary N) is 1. The highest BCUT2D eigenvalue weighted by molar-refractivity contribution is 7.84. The van der Waals surface area contributed by atoms with E-state index in [1.807, 2.05) is 6.07 Å². The Hall–Kier alpha value is -2.24. The summed E-state index contributed by atoms with van der Waals surface area (Å²) < 4.78 is 59.7. The molecule has 0 bridgehead atoms. The Balaban J connectivity index is 1.79. The molecule has 194 valence electrons. The molecule has 2 unspecified atom stereocenters. The number of halogens is 4. The molecule has 2 saturated carbocycles. The van der Waals surface area contributed by atoms with E-state index < -0.39 is 38.2 Å². The minimum atomic E-state index is -4.72. The fourth-order valence-corrected chi connectivity index (χ4v) is 6.00. The zero-order chi connectivity index (χ0) is 26.2. The van der Waals surface area contributed by atoms with Gasteiger partial charge in [-0.25, -0.2) is 13.9 Å². The van der Waals surface area contributed by atoms with Crippen LogP contribution in [0.1, 0.15) is 69.4 Å². The lowest BCUT2D eigenvalue weighted by molar-refractivity contribution is -0.141. The normalized spacial score (nSPS) is 19.4. The van der Waals surface area contributed by atoms with Crippen LogP contribution in [0.4, 0.5) is 13.2 Å². The first-order valence-corrected chi connectivity index (χ1v) is 13.3. The van der Waals surface area contributed by atoms with E-state index in [0.29, 0.717) is 16.6 Å². The second kappa shape index (κ2) is 8.39. The summed E-state index contributed by atoms with van der Waals surface area (Å²) in [5, 5.41) is 4.56. The van der Waals surface area contributed by atoms with Crippen molar-refractivity contribution >= 4 is 33.5 Å². The Morgan fingerprint density at radius 3 is 2.36 bits per heavy atom. The maximum Gasteiger partial charge on any atom is 0.434 e. The summed E-state index contributed by atoms with van der Waals surface area (Å²) >= 11 is 6.12. The summed E-state index contributed by atoms with van der Waals surface area (Å²) in [4.78, 5) is 16.9. The van der Waals surface area contributed by atoms with Gasteiger partial charge in [0.05, 0.1) is 26.4 Å². The highest BCUT2D eigenvalue weighted by Gasteiger charge is 2.53. The first kappa shape index (κ1) is 25.4. The van der Waals surface area contributed by atoms with Crippen molar-refractivity contribution in [1.29, 1.82) is 0 Å². The number of rotatable bonds is 6. The highest BCUT2D eigenvalue weighted by atomic mass is 35.5. The number of aryl methyl sites for hydroxylation is 1. The number of hydrogen-bond donors (Lipinski definition) is 1. The van der Waals surface area contributed by atoms with E-state index in [1.54, 1.807) is 43.3 Å². The van der Waals surface area contributed by atoms with E-state index in [1.165, 1.54) is 6.07 Å². The van der Waals surface area contributed by atoms with Gasteiger partial charge in [-0.3, -0.25) is 9.48 Å². The maximum absolute atomic E-state index is 13.5. The average molecular weight is 542 g/mol. The molecule has 0 saturated heterocycles. The SMILES string of the molecule is Cn1nc2c(=O)n(C3CC3)ccc2c1C(NS(=O)C(C)(C)C)(c1cnc(C(F)(F)F)c(Cl)c1)C1CC1. The van der Waals surface area contributed by atoms with Gasteiger partial charge < -0.3 is 4.57 Å². The smallest absolute Gasteiger partial charge is 0.311 e. The molecule has 0 amide bonds. The largest absolute Gasteiger partial charge is 0.434 e. The summed E-state index contributed by atoms with van der Waals surface area (Å²) in [5.41, 5.74) is -1.48. The molecule has 0 aliphatic heterocycles.